The van der Waals surface area contributed by atoms with Gasteiger partial charge in [0.05, 0.1) is 16.8 Å². The van der Waals surface area contributed by atoms with Gasteiger partial charge < -0.3 is 10.5 Å². The van der Waals surface area contributed by atoms with Crippen molar-refractivity contribution in [3.8, 4) is 16.9 Å². The maximum Gasteiger partial charge on any atom is 0.573 e. The van der Waals surface area contributed by atoms with Gasteiger partial charge in [0.2, 0.25) is 0 Å². The highest BCUT2D eigenvalue weighted by atomic mass is 19.4. The van der Waals surface area contributed by atoms with Crippen LogP contribution in [0.2, 0.25) is 0 Å². The fraction of sp³-hybridized carbons (Fsp3) is 0.133. The molecule has 3 rings (SSSR count). The van der Waals surface area contributed by atoms with Crippen molar-refractivity contribution in [3.63, 3.8) is 0 Å². The van der Waals surface area contributed by atoms with Gasteiger partial charge in [-0.2, -0.15) is 5.10 Å². The normalized spacial score (nSPS) is 11.7. The van der Waals surface area contributed by atoms with Gasteiger partial charge in [-0.05, 0) is 13.0 Å². The Labute approximate surface area is 133 Å². The second kappa shape index (κ2) is 5.52. The molecule has 24 heavy (non-hydrogen) atoms. The van der Waals surface area contributed by atoms with Crippen LogP contribution in [0.15, 0.2) is 36.7 Å². The van der Waals surface area contributed by atoms with Crippen LogP contribution in [0.4, 0.5) is 13.2 Å². The Bertz CT molecular complexity index is 934. The summed E-state index contributed by atoms with van der Waals surface area (Å²) in [7, 11) is 0. The van der Waals surface area contributed by atoms with Crippen molar-refractivity contribution in [2.75, 3.05) is 0 Å². The number of alkyl halides is 3. The van der Waals surface area contributed by atoms with Gasteiger partial charge in [-0.15, -0.1) is 13.2 Å². The van der Waals surface area contributed by atoms with Crippen LogP contribution in [-0.4, -0.2) is 26.9 Å². The van der Waals surface area contributed by atoms with E-state index in [9.17, 15) is 18.0 Å². The number of carbonyl (C=O) groups excluding carboxylic acids is 1. The summed E-state index contributed by atoms with van der Waals surface area (Å²) in [5.74, 6) is -1.04. The SMILES string of the molecule is Cc1nn2cc(C(N)=O)cnc2c1-c1ccccc1OC(F)(F)F. The number of rotatable bonds is 3. The molecule has 0 atom stereocenters. The molecule has 0 bridgehead atoms. The molecular weight excluding hydrogens is 325 g/mol. The van der Waals surface area contributed by atoms with Gasteiger partial charge in [0.1, 0.15) is 5.75 Å². The molecule has 9 heteroatoms. The maximum absolute atomic E-state index is 12.6. The van der Waals surface area contributed by atoms with Crippen molar-refractivity contribution in [2.45, 2.75) is 13.3 Å². The summed E-state index contributed by atoms with van der Waals surface area (Å²) in [6.45, 7) is 1.62. The van der Waals surface area contributed by atoms with Gasteiger partial charge in [0.15, 0.2) is 5.65 Å². The minimum atomic E-state index is -4.82. The number of carbonyl (C=O) groups is 1. The predicted octanol–water partition coefficient (Wildman–Crippen LogP) is 2.70. The molecule has 1 amide bonds. The van der Waals surface area contributed by atoms with E-state index < -0.39 is 12.3 Å². The van der Waals surface area contributed by atoms with Gasteiger partial charge in [0.25, 0.3) is 5.91 Å². The third-order valence-electron chi connectivity index (χ3n) is 3.31. The van der Waals surface area contributed by atoms with Crippen molar-refractivity contribution in [3.05, 3.63) is 47.9 Å². The highest BCUT2D eigenvalue weighted by Crippen LogP contribution is 2.36. The molecule has 3 aromatic rings. The van der Waals surface area contributed by atoms with Crippen molar-refractivity contribution in [1.82, 2.24) is 14.6 Å². The van der Waals surface area contributed by atoms with Crippen molar-refractivity contribution in [2.24, 2.45) is 5.73 Å². The summed E-state index contributed by atoms with van der Waals surface area (Å²) in [5.41, 5.74) is 6.62. The zero-order valence-corrected chi connectivity index (χ0v) is 12.3. The van der Waals surface area contributed by atoms with Crippen LogP contribution < -0.4 is 10.5 Å². The molecule has 0 fully saturated rings. The first kappa shape index (κ1) is 15.8. The molecule has 0 saturated heterocycles. The Kier molecular flexibility index (Phi) is 3.63. The lowest BCUT2D eigenvalue weighted by Gasteiger charge is -2.12. The average Bonchev–Trinajstić information content (AvgIpc) is 2.81. The van der Waals surface area contributed by atoms with Crippen molar-refractivity contribution >= 4 is 11.6 Å². The highest BCUT2D eigenvalue weighted by Gasteiger charge is 2.32. The van der Waals surface area contributed by atoms with Gasteiger partial charge in [-0.1, -0.05) is 18.2 Å². The van der Waals surface area contributed by atoms with Crippen LogP contribution in [0.3, 0.4) is 0 Å². The van der Waals surface area contributed by atoms with Crippen LogP contribution >= 0.6 is 0 Å². The van der Waals surface area contributed by atoms with Gasteiger partial charge >= 0.3 is 6.36 Å². The number of ether oxygens (including phenoxy) is 1. The third kappa shape index (κ3) is 2.87. The van der Waals surface area contributed by atoms with Crippen molar-refractivity contribution in [1.29, 1.82) is 0 Å². The summed E-state index contributed by atoms with van der Waals surface area (Å²) < 4.78 is 43.2. The Morgan fingerprint density at radius 1 is 1.29 bits per heavy atom. The molecular formula is C15H11F3N4O2. The number of benzene rings is 1. The van der Waals surface area contributed by atoms with E-state index in [1.807, 2.05) is 0 Å². The number of para-hydroxylation sites is 1. The number of amides is 1. The van der Waals surface area contributed by atoms with E-state index in [0.717, 1.165) is 0 Å². The monoisotopic (exact) mass is 336 g/mol. The number of fused-ring (bicyclic) bond motifs is 1. The number of aromatic nitrogens is 3. The number of nitrogens with two attached hydrogens (primary N) is 1. The lowest BCUT2D eigenvalue weighted by Crippen LogP contribution is -2.17. The summed E-state index contributed by atoms with van der Waals surface area (Å²) in [6.07, 6.45) is -2.20. The lowest BCUT2D eigenvalue weighted by atomic mass is 10.1. The minimum absolute atomic E-state index is 0.136. The number of hydrogen-bond donors (Lipinski definition) is 1. The average molecular weight is 336 g/mol. The molecule has 2 aromatic heterocycles. The van der Waals surface area contributed by atoms with E-state index in [0.29, 0.717) is 11.3 Å². The Balaban J connectivity index is 2.20. The van der Waals surface area contributed by atoms with E-state index in [1.54, 1.807) is 13.0 Å². The van der Waals surface area contributed by atoms with Crippen LogP contribution in [0.25, 0.3) is 16.8 Å². The summed E-state index contributed by atoms with van der Waals surface area (Å²) >= 11 is 0. The first-order valence-electron chi connectivity index (χ1n) is 6.76. The molecule has 0 spiro atoms. The zero-order chi connectivity index (χ0) is 17.5. The first-order chi connectivity index (χ1) is 11.3. The fourth-order valence-electron chi connectivity index (χ4n) is 2.37. The molecule has 6 nitrogen and oxygen atoms in total. The van der Waals surface area contributed by atoms with Crippen LogP contribution in [0, 0.1) is 6.92 Å². The summed E-state index contributed by atoms with van der Waals surface area (Å²) in [6, 6.07) is 5.71. The van der Waals surface area contributed by atoms with Gasteiger partial charge in [-0.25, -0.2) is 9.50 Å². The van der Waals surface area contributed by atoms with Crippen LogP contribution in [-0.2, 0) is 0 Å². The maximum atomic E-state index is 12.6. The quantitative estimate of drug-likeness (QED) is 0.797. The molecule has 0 aliphatic carbocycles. The molecule has 0 aliphatic rings. The molecule has 2 N–H and O–H groups in total. The smallest absolute Gasteiger partial charge is 0.405 e. The van der Waals surface area contributed by atoms with Crippen molar-refractivity contribution < 1.29 is 22.7 Å². The number of nitrogens with zero attached hydrogens (tertiary/aromatic N) is 3. The molecule has 2 heterocycles. The molecule has 0 radical (unpaired) electrons. The van der Waals surface area contributed by atoms with E-state index in [-0.39, 0.29) is 22.5 Å². The minimum Gasteiger partial charge on any atom is -0.405 e. The summed E-state index contributed by atoms with van der Waals surface area (Å²) in [4.78, 5) is 15.3. The molecule has 0 saturated carbocycles. The second-order valence-corrected chi connectivity index (χ2v) is 4.98. The van der Waals surface area contributed by atoms with Crippen LogP contribution in [0.1, 0.15) is 16.1 Å². The molecule has 1 aromatic carbocycles. The van der Waals surface area contributed by atoms with E-state index >= 15 is 0 Å². The zero-order valence-electron chi connectivity index (χ0n) is 12.3. The van der Waals surface area contributed by atoms with E-state index in [4.69, 9.17) is 5.73 Å². The number of hydrogen-bond acceptors (Lipinski definition) is 4. The highest BCUT2D eigenvalue weighted by molar-refractivity contribution is 5.93. The van der Waals surface area contributed by atoms with E-state index in [2.05, 4.69) is 14.8 Å². The Morgan fingerprint density at radius 3 is 2.67 bits per heavy atom. The fourth-order valence-corrected chi connectivity index (χ4v) is 2.37. The number of halogens is 3. The lowest BCUT2D eigenvalue weighted by molar-refractivity contribution is -0.274. The molecule has 124 valence electrons. The van der Waals surface area contributed by atoms with E-state index in [1.165, 1.54) is 35.1 Å². The predicted molar refractivity (Wildman–Crippen MR) is 78.4 cm³/mol. The second-order valence-electron chi connectivity index (χ2n) is 4.98. The standard InChI is InChI=1S/C15H11F3N4O2/c1-8-12(10-4-2-3-5-11(10)24-15(16,17)18)14-20-6-9(13(19)23)7-22(14)21-8/h2-7H,1H3,(H2,19,23). The van der Waals surface area contributed by atoms with Gasteiger partial charge in [-0.3, -0.25) is 4.79 Å². The van der Waals surface area contributed by atoms with Gasteiger partial charge in [0, 0.05) is 18.0 Å². The topological polar surface area (TPSA) is 82.5 Å². The van der Waals surface area contributed by atoms with Crippen LogP contribution in [0.5, 0.6) is 5.75 Å². The number of primary amides is 1. The number of aryl methyl sites for hydroxylation is 1. The Morgan fingerprint density at radius 2 is 2.00 bits per heavy atom. The Hall–Kier alpha value is -3.10. The molecule has 0 unspecified atom stereocenters. The first-order valence-corrected chi connectivity index (χ1v) is 6.76. The third-order valence-corrected chi connectivity index (χ3v) is 3.31. The molecule has 0 aliphatic heterocycles. The largest absolute Gasteiger partial charge is 0.573 e. The summed E-state index contributed by atoms with van der Waals surface area (Å²) in [5, 5.41) is 4.18.